The Hall–Kier alpha value is -2.58. The van der Waals surface area contributed by atoms with Gasteiger partial charge in [-0.1, -0.05) is 32.9 Å². The van der Waals surface area contributed by atoms with Crippen LogP contribution >= 0.6 is 0 Å². The molecule has 8 heteroatoms. The van der Waals surface area contributed by atoms with Crippen LogP contribution in [0.2, 0.25) is 0 Å². The third kappa shape index (κ3) is 6.01. The maximum Gasteiger partial charge on any atom is 0.251 e. The summed E-state index contributed by atoms with van der Waals surface area (Å²) in [5.74, 6) is 0.425. The minimum atomic E-state index is -3.43. The number of nitrogens with one attached hydrogen (secondary N) is 1. The van der Waals surface area contributed by atoms with Crippen LogP contribution in [0.25, 0.3) is 0 Å². The van der Waals surface area contributed by atoms with Gasteiger partial charge in [0.2, 0.25) is 10.0 Å². The van der Waals surface area contributed by atoms with Gasteiger partial charge in [-0.15, -0.1) is 0 Å². The first-order valence-corrected chi connectivity index (χ1v) is 12.5. The molecule has 32 heavy (non-hydrogen) atoms. The zero-order valence-corrected chi connectivity index (χ0v) is 20.1. The second-order valence-electron chi connectivity index (χ2n) is 8.98. The predicted octanol–water partition coefficient (Wildman–Crippen LogP) is 2.87. The summed E-state index contributed by atoms with van der Waals surface area (Å²) in [4.78, 5) is 14.5. The lowest BCUT2D eigenvalue weighted by molar-refractivity contribution is 0.0956. The fourth-order valence-electron chi connectivity index (χ4n) is 3.66. The maximum absolute atomic E-state index is 12.7. The van der Waals surface area contributed by atoms with Crippen molar-refractivity contribution in [2.24, 2.45) is 0 Å². The Kier molecular flexibility index (Phi) is 7.46. The molecule has 0 spiro atoms. The number of carbonyl (C=O) groups is 1. The summed E-state index contributed by atoms with van der Waals surface area (Å²) in [7, 11) is -1.80. The lowest BCUT2D eigenvalue weighted by Crippen LogP contribution is -2.50. The molecule has 1 amide bonds. The van der Waals surface area contributed by atoms with Crippen LogP contribution in [0.1, 0.15) is 36.7 Å². The Morgan fingerprint density at radius 2 is 1.56 bits per heavy atom. The molecule has 2 aromatic carbocycles. The number of sulfonamides is 1. The Morgan fingerprint density at radius 1 is 0.969 bits per heavy atom. The van der Waals surface area contributed by atoms with Crippen molar-refractivity contribution < 1.29 is 17.9 Å². The van der Waals surface area contributed by atoms with Crippen molar-refractivity contribution in [3.8, 4) is 5.75 Å². The average molecular weight is 460 g/mol. The highest BCUT2D eigenvalue weighted by atomic mass is 32.2. The van der Waals surface area contributed by atoms with Crippen LogP contribution < -0.4 is 15.0 Å². The summed E-state index contributed by atoms with van der Waals surface area (Å²) < 4.78 is 32.1. The van der Waals surface area contributed by atoms with Gasteiger partial charge in [-0.05, 0) is 47.4 Å². The van der Waals surface area contributed by atoms with E-state index in [0.29, 0.717) is 31.7 Å². The molecule has 1 fully saturated rings. The van der Waals surface area contributed by atoms with E-state index in [2.05, 4.69) is 31.0 Å². The standard InChI is InChI=1S/C24H33N3O4S/c1-24(2,3)20-7-5-19(6-8-20)23(28)25-13-18-32(29,30)27-16-14-26(15-17-27)21-9-11-22(31-4)12-10-21/h5-12H,13-18H2,1-4H3,(H,25,28). The largest absolute Gasteiger partial charge is 0.497 e. The number of ether oxygens (including phenoxy) is 1. The fourth-order valence-corrected chi connectivity index (χ4v) is 5.00. The molecule has 3 rings (SSSR count). The van der Waals surface area contributed by atoms with Gasteiger partial charge in [0.25, 0.3) is 5.91 Å². The summed E-state index contributed by atoms with van der Waals surface area (Å²) in [6.45, 7) is 8.53. The van der Waals surface area contributed by atoms with Crippen LogP contribution in [0.5, 0.6) is 5.75 Å². The van der Waals surface area contributed by atoms with Crippen molar-refractivity contribution in [3.05, 3.63) is 59.7 Å². The summed E-state index contributed by atoms with van der Waals surface area (Å²) in [5.41, 5.74) is 2.74. The number of nitrogens with zero attached hydrogens (tertiary/aromatic N) is 2. The summed E-state index contributed by atoms with van der Waals surface area (Å²) in [5, 5.41) is 2.73. The van der Waals surface area contributed by atoms with E-state index in [-0.39, 0.29) is 23.6 Å². The molecule has 1 saturated heterocycles. The number of piperazine rings is 1. The van der Waals surface area contributed by atoms with E-state index < -0.39 is 10.0 Å². The molecule has 7 nitrogen and oxygen atoms in total. The van der Waals surface area contributed by atoms with Crippen molar-refractivity contribution >= 4 is 21.6 Å². The molecule has 0 aromatic heterocycles. The van der Waals surface area contributed by atoms with Gasteiger partial charge >= 0.3 is 0 Å². The van der Waals surface area contributed by atoms with Crippen molar-refractivity contribution in [3.63, 3.8) is 0 Å². The van der Waals surface area contributed by atoms with Crippen molar-refractivity contribution in [2.45, 2.75) is 26.2 Å². The highest BCUT2D eigenvalue weighted by Crippen LogP contribution is 2.23. The Balaban J connectivity index is 1.47. The average Bonchev–Trinajstić information content (AvgIpc) is 2.78. The van der Waals surface area contributed by atoms with E-state index in [0.717, 1.165) is 17.0 Å². The molecule has 0 unspecified atom stereocenters. The van der Waals surface area contributed by atoms with Crippen molar-refractivity contribution in [1.29, 1.82) is 0 Å². The zero-order valence-electron chi connectivity index (χ0n) is 19.3. The molecule has 2 aromatic rings. The van der Waals surface area contributed by atoms with E-state index in [9.17, 15) is 13.2 Å². The highest BCUT2D eigenvalue weighted by molar-refractivity contribution is 7.89. The van der Waals surface area contributed by atoms with E-state index in [1.54, 1.807) is 19.2 Å². The molecular weight excluding hydrogens is 426 g/mol. The molecule has 0 aliphatic carbocycles. The lowest BCUT2D eigenvalue weighted by Gasteiger charge is -2.35. The molecule has 0 radical (unpaired) electrons. The number of methoxy groups -OCH3 is 1. The third-order valence-corrected chi connectivity index (χ3v) is 7.60. The number of benzene rings is 2. The molecule has 0 bridgehead atoms. The first-order chi connectivity index (χ1) is 15.1. The first-order valence-electron chi connectivity index (χ1n) is 10.9. The molecule has 1 aliphatic heterocycles. The number of hydrogen-bond donors (Lipinski definition) is 1. The van der Waals surface area contributed by atoms with Gasteiger partial charge in [-0.2, -0.15) is 4.31 Å². The first kappa shape index (κ1) is 24.1. The molecule has 0 atom stereocenters. The Morgan fingerprint density at radius 3 is 2.09 bits per heavy atom. The fraction of sp³-hybridized carbons (Fsp3) is 0.458. The molecule has 1 N–H and O–H groups in total. The van der Waals surface area contributed by atoms with Gasteiger partial charge in [-0.3, -0.25) is 4.79 Å². The monoisotopic (exact) mass is 459 g/mol. The molecule has 174 valence electrons. The second-order valence-corrected chi connectivity index (χ2v) is 11.1. The van der Waals surface area contributed by atoms with E-state index >= 15 is 0 Å². The van der Waals surface area contributed by atoms with E-state index in [4.69, 9.17) is 4.74 Å². The van der Waals surface area contributed by atoms with Crippen molar-refractivity contribution in [1.82, 2.24) is 9.62 Å². The smallest absolute Gasteiger partial charge is 0.251 e. The molecule has 1 heterocycles. The number of rotatable bonds is 7. The minimum Gasteiger partial charge on any atom is -0.497 e. The summed E-state index contributed by atoms with van der Waals surface area (Å²) >= 11 is 0. The number of hydrogen-bond acceptors (Lipinski definition) is 5. The van der Waals surface area contributed by atoms with Crippen LogP contribution in [0.3, 0.4) is 0 Å². The summed E-state index contributed by atoms with van der Waals surface area (Å²) in [6.07, 6.45) is 0. The van der Waals surface area contributed by atoms with Crippen LogP contribution in [-0.4, -0.2) is 64.2 Å². The quantitative estimate of drug-likeness (QED) is 0.689. The second kappa shape index (κ2) is 9.92. The van der Waals surface area contributed by atoms with Crippen LogP contribution in [0.4, 0.5) is 5.69 Å². The van der Waals surface area contributed by atoms with Gasteiger partial charge in [0.1, 0.15) is 5.75 Å². The van der Waals surface area contributed by atoms with Gasteiger partial charge in [-0.25, -0.2) is 8.42 Å². The lowest BCUT2D eigenvalue weighted by atomic mass is 9.87. The van der Waals surface area contributed by atoms with Crippen LogP contribution in [-0.2, 0) is 15.4 Å². The third-order valence-electron chi connectivity index (χ3n) is 5.73. The maximum atomic E-state index is 12.7. The van der Waals surface area contributed by atoms with Gasteiger partial charge in [0.15, 0.2) is 0 Å². The number of amides is 1. The van der Waals surface area contributed by atoms with E-state index in [1.165, 1.54) is 4.31 Å². The van der Waals surface area contributed by atoms with E-state index in [1.807, 2.05) is 36.4 Å². The van der Waals surface area contributed by atoms with Gasteiger partial charge < -0.3 is 15.0 Å². The van der Waals surface area contributed by atoms with Gasteiger partial charge in [0, 0.05) is 44.0 Å². The van der Waals surface area contributed by atoms with Crippen LogP contribution in [0.15, 0.2) is 48.5 Å². The highest BCUT2D eigenvalue weighted by Gasteiger charge is 2.27. The number of anilines is 1. The Bertz CT molecular complexity index is 1000. The molecular formula is C24H33N3O4S. The minimum absolute atomic E-state index is 0.0144. The predicted molar refractivity (Wildman–Crippen MR) is 128 cm³/mol. The van der Waals surface area contributed by atoms with Gasteiger partial charge in [0.05, 0.1) is 12.9 Å². The number of carbonyl (C=O) groups excluding carboxylic acids is 1. The molecule has 1 aliphatic rings. The normalized spacial score (nSPS) is 15.4. The molecule has 0 saturated carbocycles. The summed E-state index contributed by atoms with van der Waals surface area (Å²) in [6, 6.07) is 15.2. The van der Waals surface area contributed by atoms with Crippen molar-refractivity contribution in [2.75, 3.05) is 50.5 Å². The topological polar surface area (TPSA) is 79.0 Å². The SMILES string of the molecule is COc1ccc(N2CCN(S(=O)(=O)CCNC(=O)c3ccc(C(C)(C)C)cc3)CC2)cc1. The Labute approximate surface area is 191 Å². The van der Waals surface area contributed by atoms with Crippen LogP contribution in [0, 0.1) is 0 Å². The zero-order chi connectivity index (χ0) is 23.4.